The molecular formula is C51H71ClF6N4O18. The number of ether oxygens (including phenoxy) is 9. The number of hydrogen-bond donors (Lipinski definition) is 6. The SMILES string of the molecule is CC(C)(C)OC(=O)N[C@@H](CO)C(=O)OCc1ccccc1.CC(C)(C)OC(=O)N[C@@H](COC(F)F)C(=O)O.CC(C)(C)OC(=O)N[C@@H](COC(F)F)C(=O)OCc1ccccc1.Cl.N[C@@H](COC(F)F)C(=O)OCc1ccccc1. The summed E-state index contributed by atoms with van der Waals surface area (Å²) in [4.78, 5) is 80.1. The third-order valence-corrected chi connectivity index (χ3v) is 8.28. The van der Waals surface area contributed by atoms with Gasteiger partial charge in [0.15, 0.2) is 18.1 Å². The summed E-state index contributed by atoms with van der Waals surface area (Å²) in [5.41, 5.74) is 5.34. The van der Waals surface area contributed by atoms with E-state index in [2.05, 4.69) is 24.8 Å². The van der Waals surface area contributed by atoms with E-state index in [-0.39, 0.29) is 32.2 Å². The quantitative estimate of drug-likeness (QED) is 0.0306. The lowest BCUT2D eigenvalue weighted by atomic mass is 10.2. The number of aliphatic carboxylic acids is 1. The molecule has 3 aromatic carbocycles. The number of aliphatic hydroxyl groups excluding tert-OH is 1. The maximum atomic E-state index is 12.2. The highest BCUT2D eigenvalue weighted by Crippen LogP contribution is 2.11. The highest BCUT2D eigenvalue weighted by molar-refractivity contribution is 5.85. The van der Waals surface area contributed by atoms with Gasteiger partial charge >= 0.3 is 62.0 Å². The monoisotopic (exact) mass is 1180 g/mol. The molecule has 0 aliphatic rings. The number of benzene rings is 3. The minimum absolute atomic E-state index is 0. The van der Waals surface area contributed by atoms with Crippen LogP contribution in [0, 0.1) is 0 Å². The molecule has 0 spiro atoms. The van der Waals surface area contributed by atoms with Gasteiger partial charge in [0.2, 0.25) is 0 Å². The predicted molar refractivity (Wildman–Crippen MR) is 274 cm³/mol. The van der Waals surface area contributed by atoms with Crippen LogP contribution in [0.2, 0.25) is 0 Å². The van der Waals surface area contributed by atoms with Gasteiger partial charge in [-0.25, -0.2) is 28.8 Å². The van der Waals surface area contributed by atoms with E-state index in [9.17, 15) is 59.9 Å². The Hall–Kier alpha value is -6.98. The van der Waals surface area contributed by atoms with Crippen LogP contribution in [0.15, 0.2) is 91.0 Å². The number of nitrogens with one attached hydrogen (secondary N) is 3. The van der Waals surface area contributed by atoms with Crippen LogP contribution in [0.5, 0.6) is 0 Å². The number of carbonyl (C=O) groups is 7. The van der Waals surface area contributed by atoms with E-state index in [4.69, 9.17) is 44.4 Å². The summed E-state index contributed by atoms with van der Waals surface area (Å²) >= 11 is 0. The molecule has 452 valence electrons. The van der Waals surface area contributed by atoms with Gasteiger partial charge in [0.05, 0.1) is 26.4 Å². The molecule has 29 heteroatoms. The zero-order chi connectivity index (χ0) is 60.4. The number of aliphatic hydroxyl groups is 1. The van der Waals surface area contributed by atoms with Crippen LogP contribution in [-0.2, 0) is 81.6 Å². The second-order valence-electron chi connectivity index (χ2n) is 18.8. The number of carboxylic acid groups (broad SMARTS) is 1. The molecule has 0 aromatic heterocycles. The topological polar surface area (TPSA) is 305 Å². The van der Waals surface area contributed by atoms with Gasteiger partial charge in [-0.05, 0) is 79.0 Å². The van der Waals surface area contributed by atoms with Crippen LogP contribution in [0.3, 0.4) is 0 Å². The minimum Gasteiger partial charge on any atom is -0.480 e. The first kappa shape index (κ1) is 75.1. The molecule has 0 aliphatic heterocycles. The second kappa shape index (κ2) is 39.4. The van der Waals surface area contributed by atoms with Crippen molar-refractivity contribution in [2.45, 2.75) is 143 Å². The van der Waals surface area contributed by atoms with Crippen LogP contribution in [0.1, 0.15) is 79.0 Å². The summed E-state index contributed by atoms with van der Waals surface area (Å²) in [7, 11) is 0. The Labute approximate surface area is 464 Å². The standard InChI is InChI=1S/C16H21F2NO5.C15H21NO5.C11H13F2NO3.C9H15F2NO5.ClH/c1-16(2,3)24-15(21)19-12(10-23-14(17)18)13(20)22-9-11-7-5-4-6-8-11;1-15(2,3)21-14(19)16-12(9-17)13(18)20-10-11-7-5-4-6-8-11;12-11(13)17-7-9(14)10(15)16-6-8-4-2-1-3-5-8;1-9(2,3)17-8(15)12-5(6(13)14)4-16-7(10)11;/h4-8,12,14H,9-10H2,1-3H3,(H,19,21);4-8,12,17H,9-10H2,1-3H3,(H,16,19);1-5,9,11H,6-7,14H2;5,7H,4H2,1-3H3,(H,12,15)(H,13,14);1H/t2*12-;9-;5-;/m0000./s1. The highest BCUT2D eigenvalue weighted by atomic mass is 35.5. The number of carboxylic acids is 1. The van der Waals surface area contributed by atoms with Crippen LogP contribution < -0.4 is 21.7 Å². The zero-order valence-corrected chi connectivity index (χ0v) is 46.1. The molecule has 22 nitrogen and oxygen atoms in total. The summed E-state index contributed by atoms with van der Waals surface area (Å²) in [5.74, 6) is -3.87. The Morgan fingerprint density at radius 2 is 0.738 bits per heavy atom. The molecule has 0 heterocycles. The number of rotatable bonds is 23. The molecule has 0 saturated carbocycles. The van der Waals surface area contributed by atoms with E-state index in [1.807, 2.05) is 41.7 Å². The molecule has 7 N–H and O–H groups in total. The Balaban J connectivity index is 0. The van der Waals surface area contributed by atoms with Gasteiger partial charge < -0.3 is 74.5 Å². The van der Waals surface area contributed by atoms with E-state index >= 15 is 0 Å². The van der Waals surface area contributed by atoms with E-state index in [1.165, 1.54) is 0 Å². The first-order valence-electron chi connectivity index (χ1n) is 23.6. The van der Waals surface area contributed by atoms with Gasteiger partial charge in [-0.2, -0.15) is 26.3 Å². The Morgan fingerprint density at radius 3 is 1.04 bits per heavy atom. The van der Waals surface area contributed by atoms with Crippen molar-refractivity contribution < 1.29 is 113 Å². The van der Waals surface area contributed by atoms with Crippen LogP contribution in [-0.4, -0.2) is 140 Å². The summed E-state index contributed by atoms with van der Waals surface area (Å²) in [6.07, 6.45) is -2.72. The number of amides is 3. The van der Waals surface area contributed by atoms with Crippen LogP contribution >= 0.6 is 12.4 Å². The van der Waals surface area contributed by atoms with Crippen molar-refractivity contribution in [3.05, 3.63) is 108 Å². The maximum Gasteiger partial charge on any atom is 0.408 e. The number of nitrogens with two attached hydrogens (primary N) is 1. The van der Waals surface area contributed by atoms with Gasteiger partial charge in [-0.15, -0.1) is 12.4 Å². The lowest BCUT2D eigenvalue weighted by Gasteiger charge is -2.22. The average molecular weight is 1180 g/mol. The third-order valence-electron chi connectivity index (χ3n) is 8.28. The van der Waals surface area contributed by atoms with Crippen LogP contribution in [0.25, 0.3) is 0 Å². The fraction of sp³-hybridized carbons (Fsp3) is 0.510. The highest BCUT2D eigenvalue weighted by Gasteiger charge is 2.29. The predicted octanol–water partition coefficient (Wildman–Crippen LogP) is 7.40. The molecule has 3 amide bonds. The lowest BCUT2D eigenvalue weighted by molar-refractivity contribution is -0.160. The van der Waals surface area contributed by atoms with Gasteiger partial charge in [-0.3, -0.25) is 4.79 Å². The smallest absolute Gasteiger partial charge is 0.408 e. The van der Waals surface area contributed by atoms with Crippen molar-refractivity contribution in [3.8, 4) is 0 Å². The van der Waals surface area contributed by atoms with Gasteiger partial charge in [0.1, 0.15) is 42.7 Å². The lowest BCUT2D eigenvalue weighted by Crippen LogP contribution is -2.47. The molecule has 0 saturated heterocycles. The van der Waals surface area contributed by atoms with E-state index in [1.54, 1.807) is 117 Å². The summed E-state index contributed by atoms with van der Waals surface area (Å²) in [6, 6.07) is 21.5. The Kier molecular flexibility index (Phi) is 37.0. The Bertz CT molecular complexity index is 2250. The average Bonchev–Trinajstić information content (AvgIpc) is 3.34. The van der Waals surface area contributed by atoms with Crippen molar-refractivity contribution in [2.75, 3.05) is 26.4 Å². The number of hydrogen-bond acceptors (Lipinski definition) is 18. The van der Waals surface area contributed by atoms with Crippen molar-refractivity contribution in [3.63, 3.8) is 0 Å². The van der Waals surface area contributed by atoms with E-state index in [0.29, 0.717) is 0 Å². The molecular weight excluding hydrogens is 1110 g/mol. The molecule has 0 fully saturated rings. The number of alkyl carbamates (subject to hydrolysis) is 3. The molecule has 0 bridgehead atoms. The van der Waals surface area contributed by atoms with Crippen molar-refractivity contribution >= 4 is 54.6 Å². The molecule has 0 radical (unpaired) electrons. The first-order valence-corrected chi connectivity index (χ1v) is 23.6. The zero-order valence-electron chi connectivity index (χ0n) is 45.3. The maximum absolute atomic E-state index is 12.2. The van der Waals surface area contributed by atoms with Gasteiger partial charge in [0.25, 0.3) is 0 Å². The van der Waals surface area contributed by atoms with E-state index in [0.717, 1.165) is 16.7 Å². The van der Waals surface area contributed by atoms with Crippen molar-refractivity contribution in [2.24, 2.45) is 5.73 Å². The number of carbonyl (C=O) groups excluding carboxylic acids is 6. The van der Waals surface area contributed by atoms with Crippen LogP contribution in [0.4, 0.5) is 40.7 Å². The van der Waals surface area contributed by atoms with Gasteiger partial charge in [-0.1, -0.05) is 91.0 Å². The van der Waals surface area contributed by atoms with Gasteiger partial charge in [0, 0.05) is 0 Å². The third kappa shape index (κ3) is 41.1. The number of esters is 3. The Morgan fingerprint density at radius 1 is 0.463 bits per heavy atom. The molecule has 4 atom stereocenters. The molecule has 3 aromatic rings. The number of alkyl halides is 6. The number of halogens is 7. The fourth-order valence-corrected chi connectivity index (χ4v) is 4.95. The largest absolute Gasteiger partial charge is 0.480 e. The molecule has 0 aliphatic carbocycles. The first-order chi connectivity index (χ1) is 36.7. The van der Waals surface area contributed by atoms with Crippen molar-refractivity contribution in [1.82, 2.24) is 16.0 Å². The van der Waals surface area contributed by atoms with Crippen molar-refractivity contribution in [1.29, 1.82) is 0 Å². The summed E-state index contributed by atoms with van der Waals surface area (Å²) in [5, 5.41) is 24.2. The molecule has 0 unspecified atom stereocenters. The summed E-state index contributed by atoms with van der Waals surface area (Å²) in [6.45, 7) is 3.01. The van der Waals surface area contributed by atoms with E-state index < -0.39 is 129 Å². The summed E-state index contributed by atoms with van der Waals surface area (Å²) < 4.78 is 113. The minimum atomic E-state index is -3.10. The molecule has 80 heavy (non-hydrogen) atoms. The fourth-order valence-electron chi connectivity index (χ4n) is 4.95. The normalized spacial score (nSPS) is 12.5. The second-order valence-corrected chi connectivity index (χ2v) is 18.8. The molecule has 3 rings (SSSR count).